The van der Waals surface area contributed by atoms with E-state index in [1.807, 2.05) is 26.0 Å². The van der Waals surface area contributed by atoms with Crippen molar-refractivity contribution in [2.45, 2.75) is 45.3 Å². The second kappa shape index (κ2) is 4.88. The lowest BCUT2D eigenvalue weighted by Gasteiger charge is -2.20. The summed E-state index contributed by atoms with van der Waals surface area (Å²) >= 11 is 0. The number of aldehydes is 1. The fourth-order valence-corrected chi connectivity index (χ4v) is 2.43. The molecule has 0 spiro atoms. The Kier molecular flexibility index (Phi) is 3.48. The topological polar surface area (TPSA) is 46.5 Å². The predicted molar refractivity (Wildman–Crippen MR) is 65.6 cm³/mol. The van der Waals surface area contributed by atoms with Crippen molar-refractivity contribution >= 4 is 6.29 Å². The smallest absolute Gasteiger partial charge is 0.150 e. The molecule has 92 valence electrons. The first-order valence-corrected chi connectivity index (χ1v) is 6.03. The minimum atomic E-state index is -0.362. The monoisotopic (exact) mass is 234 g/mol. The van der Waals surface area contributed by atoms with E-state index in [1.165, 1.54) is 0 Å². The van der Waals surface area contributed by atoms with Crippen molar-refractivity contribution in [2.75, 3.05) is 0 Å². The number of rotatable bonds is 3. The SMILES string of the molecule is Cc1cc(C=O)cc(C)c1OC1CCCC1O. The maximum atomic E-state index is 10.7. The molecule has 1 aliphatic rings. The molecule has 0 heterocycles. The van der Waals surface area contributed by atoms with Crippen LogP contribution in [-0.2, 0) is 0 Å². The summed E-state index contributed by atoms with van der Waals surface area (Å²) in [5.74, 6) is 0.807. The summed E-state index contributed by atoms with van der Waals surface area (Å²) < 4.78 is 5.88. The molecule has 1 aromatic carbocycles. The van der Waals surface area contributed by atoms with Crippen LogP contribution in [0.2, 0.25) is 0 Å². The fourth-order valence-electron chi connectivity index (χ4n) is 2.43. The van der Waals surface area contributed by atoms with E-state index < -0.39 is 0 Å². The van der Waals surface area contributed by atoms with Crippen molar-refractivity contribution in [3.63, 3.8) is 0 Å². The minimum Gasteiger partial charge on any atom is -0.487 e. The van der Waals surface area contributed by atoms with Gasteiger partial charge in [0.25, 0.3) is 0 Å². The van der Waals surface area contributed by atoms with Crippen LogP contribution in [0.1, 0.15) is 40.7 Å². The number of hydrogen-bond donors (Lipinski definition) is 1. The van der Waals surface area contributed by atoms with Crippen molar-refractivity contribution in [1.29, 1.82) is 0 Å². The molecule has 1 saturated carbocycles. The zero-order valence-corrected chi connectivity index (χ0v) is 10.3. The van der Waals surface area contributed by atoms with Crippen molar-refractivity contribution in [1.82, 2.24) is 0 Å². The third-order valence-corrected chi connectivity index (χ3v) is 3.31. The van der Waals surface area contributed by atoms with Crippen LogP contribution in [0.3, 0.4) is 0 Å². The Morgan fingerprint density at radius 1 is 1.29 bits per heavy atom. The van der Waals surface area contributed by atoms with Gasteiger partial charge in [0.1, 0.15) is 18.1 Å². The number of aryl methyl sites for hydroxylation is 2. The Morgan fingerprint density at radius 3 is 2.41 bits per heavy atom. The molecule has 1 aliphatic carbocycles. The zero-order valence-electron chi connectivity index (χ0n) is 10.3. The second-order valence-electron chi connectivity index (χ2n) is 4.76. The first-order valence-electron chi connectivity index (χ1n) is 6.03. The molecule has 17 heavy (non-hydrogen) atoms. The van der Waals surface area contributed by atoms with Gasteiger partial charge >= 0.3 is 0 Å². The normalized spacial score (nSPS) is 23.7. The number of benzene rings is 1. The molecule has 3 nitrogen and oxygen atoms in total. The molecule has 0 radical (unpaired) electrons. The fraction of sp³-hybridized carbons (Fsp3) is 0.500. The summed E-state index contributed by atoms with van der Waals surface area (Å²) in [7, 11) is 0. The van der Waals surface area contributed by atoms with Crippen molar-refractivity contribution in [3.05, 3.63) is 28.8 Å². The Balaban J connectivity index is 2.23. The molecule has 1 fully saturated rings. The van der Waals surface area contributed by atoms with Crippen LogP contribution in [0.15, 0.2) is 12.1 Å². The molecule has 3 heteroatoms. The third-order valence-electron chi connectivity index (χ3n) is 3.31. The molecule has 1 aromatic rings. The second-order valence-corrected chi connectivity index (χ2v) is 4.76. The van der Waals surface area contributed by atoms with E-state index in [1.54, 1.807) is 0 Å². The van der Waals surface area contributed by atoms with Gasteiger partial charge in [-0.1, -0.05) is 0 Å². The molecule has 1 N–H and O–H groups in total. The molecule has 0 aliphatic heterocycles. The summed E-state index contributed by atoms with van der Waals surface area (Å²) in [4.78, 5) is 10.7. The lowest BCUT2D eigenvalue weighted by Crippen LogP contribution is -2.26. The standard InChI is InChI=1S/C14H18O3/c1-9-6-11(8-15)7-10(2)14(9)17-13-5-3-4-12(13)16/h6-8,12-13,16H,3-5H2,1-2H3. The first-order chi connectivity index (χ1) is 8.11. The highest BCUT2D eigenvalue weighted by Crippen LogP contribution is 2.30. The number of aliphatic hydroxyl groups is 1. The number of carbonyl (C=O) groups excluding carboxylic acids is 1. The van der Waals surface area contributed by atoms with Gasteiger partial charge in [0.05, 0.1) is 6.10 Å². The maximum absolute atomic E-state index is 10.7. The molecule has 2 atom stereocenters. The van der Waals surface area contributed by atoms with Gasteiger partial charge in [0, 0.05) is 5.56 Å². The highest BCUT2D eigenvalue weighted by molar-refractivity contribution is 5.76. The minimum absolute atomic E-state index is 0.102. The van der Waals surface area contributed by atoms with Gasteiger partial charge in [0.2, 0.25) is 0 Å². The predicted octanol–water partition coefficient (Wildman–Crippen LogP) is 2.41. The Morgan fingerprint density at radius 2 is 1.94 bits per heavy atom. The van der Waals surface area contributed by atoms with Crippen LogP contribution in [0.4, 0.5) is 0 Å². The van der Waals surface area contributed by atoms with Crippen LogP contribution < -0.4 is 4.74 Å². The average Bonchev–Trinajstić information content (AvgIpc) is 2.69. The van der Waals surface area contributed by atoms with Crippen molar-refractivity contribution < 1.29 is 14.6 Å². The summed E-state index contributed by atoms with van der Waals surface area (Å²) in [6, 6.07) is 3.63. The molecule has 2 rings (SSSR count). The van der Waals surface area contributed by atoms with Gasteiger partial charge in [-0.15, -0.1) is 0 Å². The van der Waals surface area contributed by atoms with E-state index in [-0.39, 0.29) is 12.2 Å². The van der Waals surface area contributed by atoms with E-state index in [0.29, 0.717) is 5.56 Å². The van der Waals surface area contributed by atoms with E-state index in [9.17, 15) is 9.90 Å². The number of ether oxygens (including phenoxy) is 1. The molecular formula is C14H18O3. The van der Waals surface area contributed by atoms with E-state index in [2.05, 4.69) is 0 Å². The zero-order chi connectivity index (χ0) is 12.4. The average molecular weight is 234 g/mol. The lowest BCUT2D eigenvalue weighted by molar-refractivity contribution is 0.0595. The summed E-state index contributed by atoms with van der Waals surface area (Å²) in [6.45, 7) is 3.85. The highest BCUT2D eigenvalue weighted by atomic mass is 16.5. The summed E-state index contributed by atoms with van der Waals surface area (Å²) in [6.07, 6.45) is 3.10. The number of carbonyl (C=O) groups is 1. The Bertz CT molecular complexity index is 402. The third kappa shape index (κ3) is 2.50. The lowest BCUT2D eigenvalue weighted by atomic mass is 10.1. The van der Waals surface area contributed by atoms with E-state index >= 15 is 0 Å². The van der Waals surface area contributed by atoms with Gasteiger partial charge in [0.15, 0.2) is 0 Å². The quantitative estimate of drug-likeness (QED) is 0.817. The van der Waals surface area contributed by atoms with Crippen LogP contribution >= 0.6 is 0 Å². The summed E-state index contributed by atoms with van der Waals surface area (Å²) in [5, 5.41) is 9.75. The van der Waals surface area contributed by atoms with Crippen LogP contribution in [0.5, 0.6) is 5.75 Å². The van der Waals surface area contributed by atoms with Gasteiger partial charge in [-0.25, -0.2) is 0 Å². The number of aliphatic hydroxyl groups excluding tert-OH is 1. The molecular weight excluding hydrogens is 216 g/mol. The molecule has 2 unspecified atom stereocenters. The van der Waals surface area contributed by atoms with Gasteiger partial charge < -0.3 is 9.84 Å². The highest BCUT2D eigenvalue weighted by Gasteiger charge is 2.27. The largest absolute Gasteiger partial charge is 0.487 e. The first kappa shape index (κ1) is 12.1. The maximum Gasteiger partial charge on any atom is 0.150 e. The van der Waals surface area contributed by atoms with Gasteiger partial charge in [-0.3, -0.25) is 4.79 Å². The van der Waals surface area contributed by atoms with Crippen LogP contribution in [0.25, 0.3) is 0 Å². The molecule has 0 saturated heterocycles. The summed E-state index contributed by atoms with van der Waals surface area (Å²) in [5.41, 5.74) is 2.57. The molecule has 0 amide bonds. The van der Waals surface area contributed by atoms with Crippen molar-refractivity contribution in [3.8, 4) is 5.75 Å². The van der Waals surface area contributed by atoms with Gasteiger partial charge in [-0.05, 0) is 56.4 Å². The number of hydrogen-bond acceptors (Lipinski definition) is 3. The molecule has 0 bridgehead atoms. The molecule has 0 aromatic heterocycles. The Hall–Kier alpha value is -1.35. The van der Waals surface area contributed by atoms with Crippen LogP contribution in [-0.4, -0.2) is 23.6 Å². The van der Waals surface area contributed by atoms with Crippen molar-refractivity contribution in [2.24, 2.45) is 0 Å². The van der Waals surface area contributed by atoms with E-state index in [4.69, 9.17) is 4.74 Å². The van der Waals surface area contributed by atoms with Crippen LogP contribution in [0, 0.1) is 13.8 Å². The van der Waals surface area contributed by atoms with Gasteiger partial charge in [-0.2, -0.15) is 0 Å². The van der Waals surface area contributed by atoms with E-state index in [0.717, 1.165) is 42.4 Å². The Labute approximate surface area is 101 Å².